The SMILES string of the molecule is Cc1cc(C(=O)NC(c2nc(-c3ccccc3)no2)C(C)C)no1. The number of benzene rings is 1. The second kappa shape index (κ2) is 6.66. The maximum atomic E-state index is 12.3. The molecule has 24 heavy (non-hydrogen) atoms. The summed E-state index contributed by atoms with van der Waals surface area (Å²) >= 11 is 0. The number of aromatic nitrogens is 3. The quantitative estimate of drug-likeness (QED) is 0.774. The number of carbonyl (C=O) groups is 1. The number of aryl methyl sites for hydroxylation is 1. The molecule has 3 rings (SSSR count). The maximum absolute atomic E-state index is 12.3. The Bertz CT molecular complexity index is 823. The van der Waals surface area contributed by atoms with Crippen LogP contribution in [0.25, 0.3) is 11.4 Å². The van der Waals surface area contributed by atoms with Crippen molar-refractivity contribution in [2.24, 2.45) is 5.92 Å². The van der Waals surface area contributed by atoms with Gasteiger partial charge in [0.05, 0.1) is 0 Å². The van der Waals surface area contributed by atoms with Crippen molar-refractivity contribution in [1.29, 1.82) is 0 Å². The van der Waals surface area contributed by atoms with Gasteiger partial charge >= 0.3 is 0 Å². The number of nitrogens with zero attached hydrogens (tertiary/aromatic N) is 3. The van der Waals surface area contributed by atoms with Crippen LogP contribution in [0.2, 0.25) is 0 Å². The third kappa shape index (κ3) is 3.34. The summed E-state index contributed by atoms with van der Waals surface area (Å²) in [5, 5.41) is 10.6. The molecule has 2 aromatic heterocycles. The minimum Gasteiger partial charge on any atom is -0.361 e. The van der Waals surface area contributed by atoms with Crippen LogP contribution in [-0.4, -0.2) is 21.2 Å². The standard InChI is InChI=1S/C17H18N4O3/c1-10(2)14(18-16(22)13-9-11(3)23-20-13)17-19-15(21-24-17)12-7-5-4-6-8-12/h4-10,14H,1-3H3,(H,18,22). The maximum Gasteiger partial charge on any atom is 0.274 e. The second-order valence-corrected chi connectivity index (χ2v) is 5.84. The Hall–Kier alpha value is -2.96. The molecular weight excluding hydrogens is 308 g/mol. The van der Waals surface area contributed by atoms with Crippen LogP contribution >= 0.6 is 0 Å². The minimum atomic E-state index is -0.417. The zero-order valence-corrected chi connectivity index (χ0v) is 13.7. The lowest BCUT2D eigenvalue weighted by molar-refractivity contribution is 0.0904. The van der Waals surface area contributed by atoms with Crippen molar-refractivity contribution in [3.8, 4) is 11.4 Å². The Labute approximate surface area is 139 Å². The molecule has 1 aromatic carbocycles. The lowest BCUT2D eigenvalue weighted by Gasteiger charge is -2.17. The van der Waals surface area contributed by atoms with Crippen LogP contribution in [0.1, 0.15) is 42.0 Å². The lowest BCUT2D eigenvalue weighted by Crippen LogP contribution is -2.32. The average Bonchev–Trinajstić information content (AvgIpc) is 3.22. The molecule has 0 fully saturated rings. The highest BCUT2D eigenvalue weighted by molar-refractivity contribution is 5.92. The molecule has 0 bridgehead atoms. The zero-order chi connectivity index (χ0) is 17.1. The van der Waals surface area contributed by atoms with Crippen molar-refractivity contribution in [2.45, 2.75) is 26.8 Å². The summed E-state index contributed by atoms with van der Waals surface area (Å²) in [4.78, 5) is 16.7. The smallest absolute Gasteiger partial charge is 0.274 e. The van der Waals surface area contributed by atoms with Crippen LogP contribution in [-0.2, 0) is 0 Å². The number of rotatable bonds is 5. The normalized spacial score (nSPS) is 12.3. The van der Waals surface area contributed by atoms with Crippen molar-refractivity contribution in [2.75, 3.05) is 0 Å². The summed E-state index contributed by atoms with van der Waals surface area (Å²) < 4.78 is 10.3. The van der Waals surface area contributed by atoms with E-state index in [2.05, 4.69) is 20.6 Å². The summed E-state index contributed by atoms with van der Waals surface area (Å²) in [6, 6.07) is 10.7. The van der Waals surface area contributed by atoms with E-state index in [1.165, 1.54) is 0 Å². The fraction of sp³-hybridized carbons (Fsp3) is 0.294. The number of hydrogen-bond donors (Lipinski definition) is 1. The van der Waals surface area contributed by atoms with Gasteiger partial charge in [0.1, 0.15) is 11.8 Å². The first-order valence-corrected chi connectivity index (χ1v) is 7.68. The third-order valence-electron chi connectivity index (χ3n) is 3.55. The number of nitrogens with one attached hydrogen (secondary N) is 1. The molecule has 0 saturated heterocycles. The highest BCUT2D eigenvalue weighted by atomic mass is 16.5. The summed E-state index contributed by atoms with van der Waals surface area (Å²) in [7, 11) is 0. The second-order valence-electron chi connectivity index (χ2n) is 5.84. The van der Waals surface area contributed by atoms with E-state index < -0.39 is 6.04 Å². The first-order chi connectivity index (χ1) is 11.5. The van der Waals surface area contributed by atoms with E-state index in [0.717, 1.165) is 5.56 Å². The monoisotopic (exact) mass is 326 g/mol. The fourth-order valence-corrected chi connectivity index (χ4v) is 2.27. The lowest BCUT2D eigenvalue weighted by atomic mass is 10.0. The van der Waals surface area contributed by atoms with Crippen molar-refractivity contribution >= 4 is 5.91 Å². The molecule has 2 heterocycles. The Kier molecular flexibility index (Phi) is 4.41. The van der Waals surface area contributed by atoms with E-state index in [1.54, 1.807) is 13.0 Å². The number of amides is 1. The predicted octanol–water partition coefficient (Wildman–Crippen LogP) is 3.16. The van der Waals surface area contributed by atoms with Crippen molar-refractivity contribution in [1.82, 2.24) is 20.6 Å². The minimum absolute atomic E-state index is 0.0611. The van der Waals surface area contributed by atoms with Gasteiger partial charge in [-0.05, 0) is 12.8 Å². The van der Waals surface area contributed by atoms with Crippen molar-refractivity contribution < 1.29 is 13.8 Å². The van der Waals surface area contributed by atoms with Crippen LogP contribution in [0.4, 0.5) is 0 Å². The number of hydrogen-bond acceptors (Lipinski definition) is 6. The molecular formula is C17H18N4O3. The van der Waals surface area contributed by atoms with Crippen LogP contribution in [0, 0.1) is 12.8 Å². The molecule has 0 aliphatic rings. The molecule has 1 atom stereocenters. The Morgan fingerprint density at radius 1 is 1.12 bits per heavy atom. The predicted molar refractivity (Wildman–Crippen MR) is 86.0 cm³/mol. The largest absolute Gasteiger partial charge is 0.361 e. The van der Waals surface area contributed by atoms with Crippen LogP contribution < -0.4 is 5.32 Å². The highest BCUT2D eigenvalue weighted by Crippen LogP contribution is 2.23. The van der Waals surface area contributed by atoms with Crippen LogP contribution in [0.3, 0.4) is 0 Å². The van der Waals surface area contributed by atoms with Crippen LogP contribution in [0.15, 0.2) is 45.4 Å². The molecule has 3 aromatic rings. The van der Waals surface area contributed by atoms with Gasteiger partial charge in [-0.15, -0.1) is 0 Å². The molecule has 0 spiro atoms. The van der Waals surface area contributed by atoms with Gasteiger partial charge < -0.3 is 14.4 Å². The first kappa shape index (κ1) is 15.9. The molecule has 7 heteroatoms. The van der Waals surface area contributed by atoms with E-state index in [9.17, 15) is 4.79 Å². The molecule has 124 valence electrons. The van der Waals surface area contributed by atoms with E-state index in [1.807, 2.05) is 44.2 Å². The van der Waals surface area contributed by atoms with Gasteiger partial charge in [-0.2, -0.15) is 4.98 Å². The topological polar surface area (TPSA) is 94.1 Å². The van der Waals surface area contributed by atoms with E-state index in [0.29, 0.717) is 17.5 Å². The van der Waals surface area contributed by atoms with Gasteiger partial charge in [0.25, 0.3) is 5.91 Å². The third-order valence-corrected chi connectivity index (χ3v) is 3.55. The molecule has 0 aliphatic heterocycles. The molecule has 1 unspecified atom stereocenters. The highest BCUT2D eigenvalue weighted by Gasteiger charge is 2.26. The molecule has 0 saturated carbocycles. The molecule has 7 nitrogen and oxygen atoms in total. The van der Waals surface area contributed by atoms with E-state index in [-0.39, 0.29) is 17.5 Å². The van der Waals surface area contributed by atoms with Crippen molar-refractivity contribution in [3.63, 3.8) is 0 Å². The van der Waals surface area contributed by atoms with Gasteiger partial charge in [0.2, 0.25) is 11.7 Å². The summed E-state index contributed by atoms with van der Waals surface area (Å²) in [6.45, 7) is 5.66. The zero-order valence-electron chi connectivity index (χ0n) is 13.7. The molecule has 1 amide bonds. The van der Waals surface area contributed by atoms with Gasteiger partial charge in [-0.1, -0.05) is 54.5 Å². The fourth-order valence-electron chi connectivity index (χ4n) is 2.27. The first-order valence-electron chi connectivity index (χ1n) is 7.68. The summed E-state index contributed by atoms with van der Waals surface area (Å²) in [6.07, 6.45) is 0. The molecule has 0 aliphatic carbocycles. The number of carbonyl (C=O) groups excluding carboxylic acids is 1. The molecule has 0 radical (unpaired) electrons. The Balaban J connectivity index is 1.81. The van der Waals surface area contributed by atoms with Crippen molar-refractivity contribution in [3.05, 3.63) is 53.7 Å². The Morgan fingerprint density at radius 3 is 2.50 bits per heavy atom. The summed E-state index contributed by atoms with van der Waals surface area (Å²) in [5.74, 6) is 1.14. The van der Waals surface area contributed by atoms with Crippen LogP contribution in [0.5, 0.6) is 0 Å². The van der Waals surface area contributed by atoms with Gasteiger partial charge in [0, 0.05) is 11.6 Å². The van der Waals surface area contributed by atoms with Gasteiger partial charge in [0.15, 0.2) is 5.69 Å². The van der Waals surface area contributed by atoms with Gasteiger partial charge in [-0.3, -0.25) is 4.79 Å². The molecule has 1 N–H and O–H groups in total. The van der Waals surface area contributed by atoms with E-state index in [4.69, 9.17) is 9.05 Å². The summed E-state index contributed by atoms with van der Waals surface area (Å²) in [5.41, 5.74) is 1.08. The Morgan fingerprint density at radius 2 is 1.88 bits per heavy atom. The average molecular weight is 326 g/mol. The van der Waals surface area contributed by atoms with Gasteiger partial charge in [-0.25, -0.2) is 0 Å². The van der Waals surface area contributed by atoms with E-state index >= 15 is 0 Å².